The van der Waals surface area contributed by atoms with Gasteiger partial charge in [0.05, 0.1) is 5.52 Å². The first-order valence-corrected chi connectivity index (χ1v) is 12.8. The number of benzene rings is 1. The number of alkyl halides is 3. The maximum absolute atomic E-state index is 13.3. The highest BCUT2D eigenvalue weighted by Gasteiger charge is 2.34. The molecule has 3 aromatic heterocycles. The number of carboxylic acids is 1. The number of fused-ring (bicyclic) bond motifs is 1. The average Bonchev–Trinajstić information content (AvgIpc) is 3.36. The molecule has 0 aliphatic heterocycles. The molecule has 0 saturated carbocycles. The Balaban J connectivity index is 1.93. The fraction of sp³-hybridized carbons (Fsp3) is 0.269. The number of thiazole rings is 1. The van der Waals surface area contributed by atoms with Crippen LogP contribution < -0.4 is 16.1 Å². The number of carbonyl (C=O) groups is 2. The Morgan fingerprint density at radius 2 is 1.92 bits per heavy atom. The van der Waals surface area contributed by atoms with E-state index in [9.17, 15) is 32.7 Å². The lowest BCUT2D eigenvalue weighted by Gasteiger charge is -2.16. The number of aromatic carboxylic acids is 1. The molecule has 3 N–H and O–H groups in total. The predicted octanol–water partition coefficient (Wildman–Crippen LogP) is 5.70. The molecular formula is C26H24F3N5O4S. The van der Waals surface area contributed by atoms with Gasteiger partial charge in [-0.2, -0.15) is 13.2 Å². The third-order valence-corrected chi connectivity index (χ3v) is 6.57. The van der Waals surface area contributed by atoms with Crippen LogP contribution in [-0.4, -0.2) is 38.2 Å². The molecule has 0 fully saturated rings. The van der Waals surface area contributed by atoms with E-state index in [1.807, 2.05) is 13.8 Å². The SMILES string of the molecule is CCNC(=O)Nc1cc(-c2nc(C(F)(F)F)cs2)c(-c2ccc3c(=O)c(C(=O)O)cn(CC(C)C)c3c2)cn1. The summed E-state index contributed by atoms with van der Waals surface area (Å²) in [4.78, 5) is 44.6. The first-order chi connectivity index (χ1) is 18.4. The van der Waals surface area contributed by atoms with Crippen LogP contribution in [0, 0.1) is 5.92 Å². The maximum Gasteiger partial charge on any atom is 0.434 e. The predicted molar refractivity (Wildman–Crippen MR) is 142 cm³/mol. The van der Waals surface area contributed by atoms with Crippen LogP contribution in [0.3, 0.4) is 0 Å². The van der Waals surface area contributed by atoms with Gasteiger partial charge in [0.25, 0.3) is 0 Å². The first-order valence-electron chi connectivity index (χ1n) is 11.9. The van der Waals surface area contributed by atoms with E-state index in [1.165, 1.54) is 24.5 Å². The molecule has 0 radical (unpaired) electrons. The number of anilines is 1. The number of amides is 2. The minimum atomic E-state index is -4.64. The highest BCUT2D eigenvalue weighted by atomic mass is 32.1. The summed E-state index contributed by atoms with van der Waals surface area (Å²) in [6.45, 7) is 6.39. The summed E-state index contributed by atoms with van der Waals surface area (Å²) in [5.74, 6) is -1.12. The summed E-state index contributed by atoms with van der Waals surface area (Å²) in [6.07, 6.45) is -1.93. The number of rotatable bonds is 7. The molecular weight excluding hydrogens is 535 g/mol. The normalized spacial score (nSPS) is 11.7. The number of carbonyl (C=O) groups excluding carboxylic acids is 1. The van der Waals surface area contributed by atoms with E-state index in [-0.39, 0.29) is 33.3 Å². The van der Waals surface area contributed by atoms with Gasteiger partial charge < -0.3 is 15.0 Å². The van der Waals surface area contributed by atoms with Gasteiger partial charge in [-0.25, -0.2) is 19.6 Å². The summed E-state index contributed by atoms with van der Waals surface area (Å²) < 4.78 is 41.6. The number of nitrogens with one attached hydrogen (secondary N) is 2. The third-order valence-electron chi connectivity index (χ3n) is 5.69. The zero-order valence-electron chi connectivity index (χ0n) is 21.1. The topological polar surface area (TPSA) is 126 Å². The quantitative estimate of drug-likeness (QED) is 0.267. The van der Waals surface area contributed by atoms with Crippen molar-refractivity contribution in [3.63, 3.8) is 0 Å². The van der Waals surface area contributed by atoms with Gasteiger partial charge in [-0.1, -0.05) is 19.9 Å². The van der Waals surface area contributed by atoms with Crippen LogP contribution in [0.4, 0.5) is 23.8 Å². The molecule has 0 unspecified atom stereocenters. The van der Waals surface area contributed by atoms with E-state index in [0.29, 0.717) is 29.7 Å². The summed E-state index contributed by atoms with van der Waals surface area (Å²) >= 11 is 0.791. The van der Waals surface area contributed by atoms with E-state index in [1.54, 1.807) is 23.6 Å². The second kappa shape index (κ2) is 10.8. The molecule has 4 rings (SSSR count). The molecule has 0 atom stereocenters. The molecule has 0 spiro atoms. The van der Waals surface area contributed by atoms with E-state index in [2.05, 4.69) is 20.6 Å². The van der Waals surface area contributed by atoms with Gasteiger partial charge in [0.1, 0.15) is 16.4 Å². The van der Waals surface area contributed by atoms with Gasteiger partial charge in [-0.15, -0.1) is 11.3 Å². The number of hydrogen-bond donors (Lipinski definition) is 3. The van der Waals surface area contributed by atoms with Crippen molar-refractivity contribution in [2.24, 2.45) is 5.92 Å². The van der Waals surface area contributed by atoms with Crippen molar-refractivity contribution in [3.8, 4) is 21.7 Å². The fourth-order valence-corrected chi connectivity index (χ4v) is 4.89. The van der Waals surface area contributed by atoms with Crippen molar-refractivity contribution in [2.45, 2.75) is 33.5 Å². The summed E-state index contributed by atoms with van der Waals surface area (Å²) in [5.41, 5.74) is -0.377. The molecule has 2 amide bonds. The van der Waals surface area contributed by atoms with Crippen LogP contribution in [0.25, 0.3) is 32.6 Å². The first kappa shape index (κ1) is 27.8. The number of urea groups is 1. The van der Waals surface area contributed by atoms with E-state index in [0.717, 1.165) is 16.7 Å². The largest absolute Gasteiger partial charge is 0.477 e. The summed E-state index contributed by atoms with van der Waals surface area (Å²) in [5, 5.41) is 15.8. The fourth-order valence-electron chi connectivity index (χ4n) is 4.03. The van der Waals surface area contributed by atoms with Gasteiger partial charge in [-0.3, -0.25) is 10.1 Å². The van der Waals surface area contributed by atoms with Crippen molar-refractivity contribution in [3.05, 3.63) is 63.5 Å². The molecule has 3 heterocycles. The van der Waals surface area contributed by atoms with Gasteiger partial charge in [0.15, 0.2) is 5.69 Å². The second-order valence-corrected chi connectivity index (χ2v) is 9.95. The third kappa shape index (κ3) is 5.93. The Bertz CT molecular complexity index is 1630. The Labute approximate surface area is 224 Å². The lowest BCUT2D eigenvalue weighted by atomic mass is 9.99. The van der Waals surface area contributed by atoms with Crippen LogP contribution in [0.15, 0.2) is 46.8 Å². The molecule has 9 nitrogen and oxygen atoms in total. The Hall–Kier alpha value is -4.26. The number of pyridine rings is 2. The molecule has 0 saturated heterocycles. The van der Waals surface area contributed by atoms with Crippen LogP contribution >= 0.6 is 11.3 Å². The molecule has 39 heavy (non-hydrogen) atoms. The Morgan fingerprint density at radius 1 is 1.18 bits per heavy atom. The second-order valence-electron chi connectivity index (χ2n) is 9.09. The zero-order chi connectivity index (χ0) is 28.5. The Kier molecular flexibility index (Phi) is 7.72. The standard InChI is InChI=1S/C26H24F3N5O4S/c1-4-30-25(38)33-21-8-16(23-32-20(12-39-23)26(27,28)29)17(9-31-21)14-5-6-15-19(7-14)34(10-13(2)3)11-18(22(15)35)24(36)37/h5-9,11-13H,4,10H2,1-3H3,(H,36,37)(H2,30,31,33,38). The summed E-state index contributed by atoms with van der Waals surface area (Å²) in [7, 11) is 0. The molecule has 4 aromatic rings. The monoisotopic (exact) mass is 559 g/mol. The minimum Gasteiger partial charge on any atom is -0.477 e. The smallest absolute Gasteiger partial charge is 0.434 e. The highest BCUT2D eigenvalue weighted by Crippen LogP contribution is 2.39. The van der Waals surface area contributed by atoms with Gasteiger partial charge in [0.2, 0.25) is 5.43 Å². The molecule has 0 aliphatic carbocycles. The lowest BCUT2D eigenvalue weighted by molar-refractivity contribution is -0.140. The molecule has 0 aliphatic rings. The van der Waals surface area contributed by atoms with Crippen molar-refractivity contribution < 1.29 is 27.9 Å². The van der Waals surface area contributed by atoms with Crippen LogP contribution in [0.2, 0.25) is 0 Å². The number of halogens is 3. The van der Waals surface area contributed by atoms with Gasteiger partial charge in [-0.05, 0) is 36.6 Å². The number of nitrogens with zero attached hydrogens (tertiary/aromatic N) is 3. The maximum atomic E-state index is 13.3. The highest BCUT2D eigenvalue weighted by molar-refractivity contribution is 7.13. The average molecular weight is 560 g/mol. The molecule has 1 aromatic carbocycles. The molecule has 0 bridgehead atoms. The molecule has 204 valence electrons. The summed E-state index contributed by atoms with van der Waals surface area (Å²) in [6, 6.07) is 5.63. The van der Waals surface area contributed by atoms with Crippen molar-refractivity contribution in [2.75, 3.05) is 11.9 Å². The van der Waals surface area contributed by atoms with E-state index in [4.69, 9.17) is 0 Å². The van der Waals surface area contributed by atoms with Crippen molar-refractivity contribution in [1.29, 1.82) is 0 Å². The van der Waals surface area contributed by atoms with Crippen LogP contribution in [0.5, 0.6) is 0 Å². The lowest BCUT2D eigenvalue weighted by Crippen LogP contribution is -2.28. The van der Waals surface area contributed by atoms with Gasteiger partial charge >= 0.3 is 18.2 Å². The number of aromatic nitrogens is 3. The van der Waals surface area contributed by atoms with E-state index >= 15 is 0 Å². The van der Waals surface area contributed by atoms with Crippen molar-refractivity contribution >= 4 is 40.1 Å². The molecule has 13 heteroatoms. The zero-order valence-corrected chi connectivity index (χ0v) is 21.9. The number of hydrogen-bond acceptors (Lipinski definition) is 6. The Morgan fingerprint density at radius 3 is 2.54 bits per heavy atom. The van der Waals surface area contributed by atoms with E-state index < -0.39 is 29.3 Å². The van der Waals surface area contributed by atoms with Gasteiger partial charge in [0, 0.05) is 47.4 Å². The minimum absolute atomic E-state index is 0.0552. The van der Waals surface area contributed by atoms with Crippen LogP contribution in [0.1, 0.15) is 36.8 Å². The van der Waals surface area contributed by atoms with Crippen LogP contribution in [-0.2, 0) is 12.7 Å². The number of carboxylic acid groups (broad SMARTS) is 1. The van der Waals surface area contributed by atoms with Crippen molar-refractivity contribution in [1.82, 2.24) is 19.9 Å².